The standard InChI is InChI=1S/C32H29N3O8/c1-33(2)19-10-12-22-26(17-19)42-25-8-4-3-6-21(25)29(22)23-16-18(9-11-20(23)31(39)40)30(38)34-15-5-7-24(34)32(41)43-35-27(36)13-14-28(35)37/h3,6,8-14,16-17,24,36-37H,4-5,7,15H2,1-2H3,(H,39,40). The fourth-order valence-electron chi connectivity index (χ4n) is 5.63. The minimum absolute atomic E-state index is 0.0119. The Morgan fingerprint density at radius 2 is 1.77 bits per heavy atom. The summed E-state index contributed by atoms with van der Waals surface area (Å²) in [6.45, 7) is 0.270. The molecule has 3 aromatic rings. The molecule has 0 radical (unpaired) electrons. The Labute approximate surface area is 246 Å². The van der Waals surface area contributed by atoms with Crippen molar-refractivity contribution in [1.82, 2.24) is 9.63 Å². The summed E-state index contributed by atoms with van der Waals surface area (Å²) >= 11 is 0. The molecule has 1 amide bonds. The van der Waals surface area contributed by atoms with Crippen LogP contribution in [0, 0.1) is 0 Å². The molecule has 1 fully saturated rings. The monoisotopic (exact) mass is 583 g/mol. The second kappa shape index (κ2) is 10.8. The van der Waals surface area contributed by atoms with Crippen molar-refractivity contribution in [2.45, 2.75) is 25.3 Å². The van der Waals surface area contributed by atoms with Crippen LogP contribution in [0.5, 0.6) is 17.5 Å². The first-order chi connectivity index (χ1) is 20.6. The Kier molecular flexibility index (Phi) is 6.93. The molecule has 43 heavy (non-hydrogen) atoms. The number of allylic oxidation sites excluding steroid dienone is 3. The molecule has 3 N–H and O–H groups in total. The fraction of sp³-hybridized carbons (Fsp3) is 0.219. The highest BCUT2D eigenvalue weighted by atomic mass is 16.7. The molecule has 2 aliphatic heterocycles. The zero-order valence-electron chi connectivity index (χ0n) is 23.5. The number of fused-ring (bicyclic) bond motifs is 2. The summed E-state index contributed by atoms with van der Waals surface area (Å²) in [6.07, 6.45) is 7.29. The predicted molar refractivity (Wildman–Crippen MR) is 156 cm³/mol. The van der Waals surface area contributed by atoms with E-state index in [1.807, 2.05) is 55.4 Å². The van der Waals surface area contributed by atoms with Crippen LogP contribution in [0.2, 0.25) is 0 Å². The van der Waals surface area contributed by atoms with Gasteiger partial charge in [-0.15, -0.1) is 4.73 Å². The van der Waals surface area contributed by atoms with Crippen molar-refractivity contribution >= 4 is 29.1 Å². The normalized spacial score (nSPS) is 17.1. The third-order valence-electron chi connectivity index (χ3n) is 7.76. The Balaban J connectivity index is 1.41. The molecule has 1 saturated heterocycles. The number of likely N-dealkylation sites (tertiary alicyclic amines) is 1. The molecular formula is C32H29N3O8. The minimum atomic E-state index is -1.15. The van der Waals surface area contributed by atoms with Crippen LogP contribution in [0.15, 0.2) is 78.1 Å². The second-order valence-corrected chi connectivity index (χ2v) is 10.6. The number of aromatic nitrogens is 1. The maximum atomic E-state index is 13.9. The summed E-state index contributed by atoms with van der Waals surface area (Å²) in [7, 11) is 3.83. The molecular weight excluding hydrogens is 554 g/mol. The summed E-state index contributed by atoms with van der Waals surface area (Å²) < 4.78 is 6.84. The van der Waals surface area contributed by atoms with Crippen molar-refractivity contribution in [3.05, 3.63) is 100 Å². The van der Waals surface area contributed by atoms with Gasteiger partial charge in [0.15, 0.2) is 0 Å². The predicted octanol–water partition coefficient (Wildman–Crippen LogP) is 3.96. The van der Waals surface area contributed by atoms with Crippen molar-refractivity contribution in [1.29, 1.82) is 0 Å². The highest BCUT2D eigenvalue weighted by Gasteiger charge is 2.37. The van der Waals surface area contributed by atoms with Crippen molar-refractivity contribution in [3.8, 4) is 17.5 Å². The lowest BCUT2D eigenvalue weighted by atomic mass is 9.84. The Morgan fingerprint density at radius 1 is 1.00 bits per heavy atom. The molecule has 1 aromatic heterocycles. The number of amides is 1. The molecule has 11 heteroatoms. The van der Waals surface area contributed by atoms with E-state index >= 15 is 0 Å². The first-order valence-corrected chi connectivity index (χ1v) is 13.8. The van der Waals surface area contributed by atoms with E-state index in [2.05, 4.69) is 0 Å². The molecule has 0 bridgehead atoms. The summed E-state index contributed by atoms with van der Waals surface area (Å²) in [5.41, 5.74) is 3.47. The Bertz CT molecular complexity index is 1740. The molecule has 0 spiro atoms. The first kappa shape index (κ1) is 27.7. The highest BCUT2D eigenvalue weighted by Crippen LogP contribution is 2.45. The van der Waals surface area contributed by atoms with Crippen LogP contribution in [0.3, 0.4) is 0 Å². The van der Waals surface area contributed by atoms with Gasteiger partial charge in [0.2, 0.25) is 11.8 Å². The van der Waals surface area contributed by atoms with Crippen LogP contribution >= 0.6 is 0 Å². The number of rotatable bonds is 6. The van der Waals surface area contributed by atoms with Crippen LogP contribution in [-0.2, 0) is 4.79 Å². The number of aromatic carboxylic acids is 1. The minimum Gasteiger partial charge on any atom is -0.492 e. The number of anilines is 1. The maximum absolute atomic E-state index is 13.9. The lowest BCUT2D eigenvalue weighted by molar-refractivity contribution is -0.150. The lowest BCUT2D eigenvalue weighted by Crippen LogP contribution is -2.44. The van der Waals surface area contributed by atoms with Gasteiger partial charge in [0.25, 0.3) is 5.91 Å². The van der Waals surface area contributed by atoms with Crippen LogP contribution in [0.25, 0.3) is 5.57 Å². The summed E-state index contributed by atoms with van der Waals surface area (Å²) in [5.74, 6) is -2.22. The quantitative estimate of drug-likeness (QED) is 0.393. The zero-order valence-corrected chi connectivity index (χ0v) is 23.5. The van der Waals surface area contributed by atoms with Crippen molar-refractivity contribution in [2.75, 3.05) is 25.5 Å². The molecule has 11 nitrogen and oxygen atoms in total. The lowest BCUT2D eigenvalue weighted by Gasteiger charge is -2.29. The van der Waals surface area contributed by atoms with Gasteiger partial charge in [-0.1, -0.05) is 12.2 Å². The van der Waals surface area contributed by atoms with Crippen LogP contribution in [0.1, 0.15) is 51.1 Å². The van der Waals surface area contributed by atoms with Gasteiger partial charge in [0.1, 0.15) is 17.6 Å². The number of aromatic hydroxyl groups is 2. The topological polar surface area (TPSA) is 142 Å². The average molecular weight is 584 g/mol. The van der Waals surface area contributed by atoms with E-state index in [1.165, 1.54) is 29.2 Å². The first-order valence-electron chi connectivity index (χ1n) is 13.8. The Hall–Kier alpha value is -5.45. The van der Waals surface area contributed by atoms with Gasteiger partial charge in [0.05, 0.1) is 5.56 Å². The molecule has 1 unspecified atom stereocenters. The number of carbonyl (C=O) groups excluding carboxylic acids is 2. The number of carbonyl (C=O) groups is 3. The third kappa shape index (κ3) is 4.88. The molecule has 1 aliphatic carbocycles. The number of benzene rings is 2. The Morgan fingerprint density at radius 3 is 2.49 bits per heavy atom. The molecule has 3 aliphatic rings. The van der Waals surface area contributed by atoms with Gasteiger partial charge in [-0.3, -0.25) is 4.79 Å². The molecule has 1 atom stereocenters. The van der Waals surface area contributed by atoms with Gasteiger partial charge >= 0.3 is 11.9 Å². The number of carboxylic acid groups (broad SMARTS) is 1. The molecule has 6 rings (SSSR count). The summed E-state index contributed by atoms with van der Waals surface area (Å²) in [4.78, 5) is 47.8. The van der Waals surface area contributed by atoms with E-state index in [0.29, 0.717) is 57.8 Å². The third-order valence-corrected chi connectivity index (χ3v) is 7.76. The van der Waals surface area contributed by atoms with Gasteiger partial charge in [-0.2, -0.15) is 0 Å². The molecule has 3 heterocycles. The van der Waals surface area contributed by atoms with Gasteiger partial charge in [-0.05, 0) is 61.2 Å². The second-order valence-electron chi connectivity index (χ2n) is 10.6. The van der Waals surface area contributed by atoms with Gasteiger partial charge < -0.3 is 34.7 Å². The van der Waals surface area contributed by atoms with E-state index < -0.39 is 35.6 Å². The SMILES string of the molecule is CN(C)c1ccc2c(c1)OC1=CCC=CC1=C2c1cc(C(=O)N2CCCC2C(=O)On2c(O)ccc2O)ccc1C(=O)O. The molecule has 2 aromatic carbocycles. The van der Waals surface area contributed by atoms with Crippen LogP contribution < -0.4 is 14.5 Å². The number of hydrogen-bond acceptors (Lipinski definition) is 8. The fourth-order valence-corrected chi connectivity index (χ4v) is 5.63. The van der Waals surface area contributed by atoms with E-state index in [1.54, 1.807) is 6.07 Å². The van der Waals surface area contributed by atoms with E-state index in [9.17, 15) is 29.7 Å². The van der Waals surface area contributed by atoms with Gasteiger partial charge in [-0.25, -0.2) is 9.59 Å². The van der Waals surface area contributed by atoms with E-state index in [0.717, 1.165) is 5.69 Å². The van der Waals surface area contributed by atoms with Crippen molar-refractivity contribution in [3.63, 3.8) is 0 Å². The number of nitrogens with zero attached hydrogens (tertiary/aromatic N) is 3. The highest BCUT2D eigenvalue weighted by molar-refractivity contribution is 6.04. The molecule has 220 valence electrons. The number of ether oxygens (including phenoxy) is 1. The zero-order chi connectivity index (χ0) is 30.4. The molecule has 0 saturated carbocycles. The average Bonchev–Trinajstić information content (AvgIpc) is 3.61. The number of carboxylic acids is 1. The van der Waals surface area contributed by atoms with Crippen molar-refractivity contribution in [2.24, 2.45) is 0 Å². The van der Waals surface area contributed by atoms with Crippen molar-refractivity contribution < 1.29 is 39.3 Å². The van der Waals surface area contributed by atoms with Crippen LogP contribution in [0.4, 0.5) is 5.69 Å². The smallest absolute Gasteiger partial charge is 0.355 e. The summed E-state index contributed by atoms with van der Waals surface area (Å²) in [5, 5.41) is 29.9. The van der Waals surface area contributed by atoms with E-state index in [4.69, 9.17) is 9.57 Å². The summed E-state index contributed by atoms with van der Waals surface area (Å²) in [6, 6.07) is 11.4. The largest absolute Gasteiger partial charge is 0.492 e. The maximum Gasteiger partial charge on any atom is 0.355 e. The number of hydrogen-bond donors (Lipinski definition) is 3. The van der Waals surface area contributed by atoms with Crippen LogP contribution in [-0.4, -0.2) is 69.5 Å². The van der Waals surface area contributed by atoms with Gasteiger partial charge in [0, 0.05) is 66.8 Å². The van der Waals surface area contributed by atoms with E-state index in [-0.39, 0.29) is 17.7 Å².